The molecule has 0 unspecified atom stereocenters. The fourth-order valence-corrected chi connectivity index (χ4v) is 2.50. The van der Waals surface area contributed by atoms with Crippen LogP contribution in [0.1, 0.15) is 23.0 Å². The second-order valence-corrected chi connectivity index (χ2v) is 4.61. The molecule has 0 saturated heterocycles. The monoisotopic (exact) mass is 309 g/mol. The molecule has 94 valence electrons. The predicted molar refractivity (Wildman–Crippen MR) is 72.3 cm³/mol. The van der Waals surface area contributed by atoms with Gasteiger partial charge in [-0.05, 0) is 48.0 Å². The van der Waals surface area contributed by atoms with Gasteiger partial charge in [0.1, 0.15) is 5.75 Å². The zero-order valence-electron chi connectivity index (χ0n) is 10.0. The van der Waals surface area contributed by atoms with E-state index in [1.54, 1.807) is 25.1 Å². The molecule has 0 bridgehead atoms. The summed E-state index contributed by atoms with van der Waals surface area (Å²) in [6.45, 7) is 4.17. The third-order valence-corrected chi connectivity index (χ3v) is 3.32. The van der Waals surface area contributed by atoms with Crippen LogP contribution in [-0.4, -0.2) is 22.7 Å². The lowest BCUT2D eigenvalue weighted by atomic mass is 10.1. The number of carboxylic acids is 1. The average Bonchev–Trinajstić information content (AvgIpc) is 2.31. The highest BCUT2D eigenvalue weighted by molar-refractivity contribution is 9.10. The topological polar surface area (TPSA) is 59.4 Å². The summed E-state index contributed by atoms with van der Waals surface area (Å²) in [4.78, 5) is 15.6. The third-order valence-electron chi connectivity index (χ3n) is 2.53. The molecule has 0 radical (unpaired) electrons. The van der Waals surface area contributed by atoms with E-state index in [9.17, 15) is 9.90 Å². The van der Waals surface area contributed by atoms with Gasteiger partial charge < -0.3 is 9.84 Å². The lowest BCUT2D eigenvalue weighted by Crippen LogP contribution is -2.02. The molecule has 0 saturated carbocycles. The first-order valence-corrected chi connectivity index (χ1v) is 6.29. The molecule has 1 aromatic heterocycles. The Morgan fingerprint density at radius 2 is 2.22 bits per heavy atom. The molecule has 18 heavy (non-hydrogen) atoms. The maximum Gasteiger partial charge on any atom is 0.336 e. The Balaban J connectivity index is 2.81. The number of hydrogen-bond donors (Lipinski definition) is 1. The first-order chi connectivity index (χ1) is 8.54. The largest absolute Gasteiger partial charge is 0.493 e. The van der Waals surface area contributed by atoms with Gasteiger partial charge in [-0.2, -0.15) is 0 Å². The highest BCUT2D eigenvalue weighted by Gasteiger charge is 2.16. The number of carboxylic acid groups (broad SMARTS) is 1. The average molecular weight is 310 g/mol. The van der Waals surface area contributed by atoms with Crippen molar-refractivity contribution in [1.29, 1.82) is 0 Å². The number of halogens is 1. The van der Waals surface area contributed by atoms with E-state index in [4.69, 9.17) is 4.74 Å². The molecule has 1 aromatic carbocycles. The summed E-state index contributed by atoms with van der Waals surface area (Å²) in [5.41, 5.74) is 1.55. The number of aryl methyl sites for hydroxylation is 1. The molecule has 0 fully saturated rings. The Hall–Kier alpha value is -1.62. The van der Waals surface area contributed by atoms with Crippen LogP contribution in [0.25, 0.3) is 10.9 Å². The van der Waals surface area contributed by atoms with Gasteiger partial charge in [0.2, 0.25) is 0 Å². The van der Waals surface area contributed by atoms with Crippen LogP contribution in [0.3, 0.4) is 0 Å². The van der Waals surface area contributed by atoms with E-state index in [2.05, 4.69) is 20.9 Å². The second-order valence-electron chi connectivity index (χ2n) is 3.82. The highest BCUT2D eigenvalue weighted by Crippen LogP contribution is 2.34. The molecule has 2 aromatic rings. The fraction of sp³-hybridized carbons (Fsp3) is 0.231. The maximum atomic E-state index is 11.3. The van der Waals surface area contributed by atoms with E-state index < -0.39 is 5.97 Å². The number of rotatable bonds is 3. The molecule has 0 amide bonds. The number of aromatic nitrogens is 1. The summed E-state index contributed by atoms with van der Waals surface area (Å²) in [6.07, 6.45) is 0. The minimum Gasteiger partial charge on any atom is -0.493 e. The van der Waals surface area contributed by atoms with Crippen molar-refractivity contribution in [3.8, 4) is 5.75 Å². The molecule has 0 spiro atoms. The van der Waals surface area contributed by atoms with Crippen molar-refractivity contribution in [2.75, 3.05) is 6.61 Å². The molecule has 0 atom stereocenters. The molecule has 1 heterocycles. The molecule has 5 heteroatoms. The molecule has 4 nitrogen and oxygen atoms in total. The number of aromatic carboxylic acids is 1. The number of benzene rings is 1. The maximum absolute atomic E-state index is 11.3. The fourth-order valence-electron chi connectivity index (χ4n) is 1.84. The second kappa shape index (κ2) is 4.94. The molecule has 0 aliphatic carbocycles. The highest BCUT2D eigenvalue weighted by atomic mass is 79.9. The number of pyridine rings is 1. The SMILES string of the molecule is CCOc1ccc2nc(C)cc(C(=O)O)c2c1Br. The molecular weight excluding hydrogens is 298 g/mol. The number of ether oxygens (including phenoxy) is 1. The Labute approximate surface area is 113 Å². The van der Waals surface area contributed by atoms with Crippen molar-refractivity contribution in [3.05, 3.63) is 33.9 Å². The number of carbonyl (C=O) groups is 1. The summed E-state index contributed by atoms with van der Waals surface area (Å²) < 4.78 is 6.07. The van der Waals surface area contributed by atoms with Crippen molar-refractivity contribution in [1.82, 2.24) is 4.98 Å². The van der Waals surface area contributed by atoms with Crippen LogP contribution in [0.5, 0.6) is 5.75 Å². The number of nitrogens with zero attached hydrogens (tertiary/aromatic N) is 1. The van der Waals surface area contributed by atoms with Crippen LogP contribution in [0.2, 0.25) is 0 Å². The summed E-state index contributed by atoms with van der Waals surface area (Å²) in [6, 6.07) is 5.11. The van der Waals surface area contributed by atoms with Crippen molar-refractivity contribution >= 4 is 32.8 Å². The van der Waals surface area contributed by atoms with E-state index in [0.29, 0.717) is 33.4 Å². The lowest BCUT2D eigenvalue weighted by molar-refractivity contribution is 0.0699. The van der Waals surface area contributed by atoms with Crippen molar-refractivity contribution in [2.45, 2.75) is 13.8 Å². The predicted octanol–water partition coefficient (Wildman–Crippen LogP) is 3.40. The Bertz CT molecular complexity index is 625. The first-order valence-electron chi connectivity index (χ1n) is 5.50. The van der Waals surface area contributed by atoms with Crippen LogP contribution in [0.4, 0.5) is 0 Å². The van der Waals surface area contributed by atoms with E-state index in [1.165, 1.54) is 0 Å². The van der Waals surface area contributed by atoms with Crippen molar-refractivity contribution in [2.24, 2.45) is 0 Å². The Kier molecular flexibility index (Phi) is 3.52. The lowest BCUT2D eigenvalue weighted by Gasteiger charge is -2.10. The van der Waals surface area contributed by atoms with Gasteiger partial charge in [-0.25, -0.2) is 4.79 Å². The van der Waals surface area contributed by atoms with Gasteiger partial charge in [-0.1, -0.05) is 0 Å². The standard InChI is InChI=1S/C13H12BrNO3/c1-3-18-10-5-4-9-11(12(10)14)8(13(16)17)6-7(2)15-9/h4-6H,3H2,1-2H3,(H,16,17). The molecule has 0 aliphatic rings. The quantitative estimate of drug-likeness (QED) is 0.944. The summed E-state index contributed by atoms with van der Waals surface area (Å²) in [5.74, 6) is -0.349. The van der Waals surface area contributed by atoms with E-state index in [1.807, 2.05) is 6.92 Å². The molecular formula is C13H12BrNO3. The third kappa shape index (κ3) is 2.18. The summed E-state index contributed by atoms with van der Waals surface area (Å²) in [7, 11) is 0. The van der Waals surface area contributed by atoms with Crippen molar-refractivity contribution in [3.63, 3.8) is 0 Å². The number of fused-ring (bicyclic) bond motifs is 1. The molecule has 2 rings (SSSR count). The van der Waals surface area contributed by atoms with Crippen LogP contribution < -0.4 is 4.74 Å². The summed E-state index contributed by atoms with van der Waals surface area (Å²) in [5, 5.41) is 9.83. The van der Waals surface area contributed by atoms with Crippen molar-refractivity contribution < 1.29 is 14.6 Å². The van der Waals surface area contributed by atoms with Gasteiger partial charge in [-0.15, -0.1) is 0 Å². The van der Waals surface area contributed by atoms with Gasteiger partial charge in [0.15, 0.2) is 0 Å². The smallest absolute Gasteiger partial charge is 0.336 e. The van der Waals surface area contributed by atoms with Crippen LogP contribution in [-0.2, 0) is 0 Å². The van der Waals surface area contributed by atoms with Gasteiger partial charge in [0, 0.05) is 11.1 Å². The zero-order valence-corrected chi connectivity index (χ0v) is 11.6. The van der Waals surface area contributed by atoms with Gasteiger partial charge >= 0.3 is 5.97 Å². The molecule has 0 aliphatic heterocycles. The first kappa shape index (κ1) is 12.8. The van der Waals surface area contributed by atoms with Crippen LogP contribution >= 0.6 is 15.9 Å². The summed E-state index contributed by atoms with van der Waals surface area (Å²) >= 11 is 3.40. The Morgan fingerprint density at radius 1 is 1.50 bits per heavy atom. The van der Waals surface area contributed by atoms with E-state index in [0.717, 1.165) is 0 Å². The van der Waals surface area contributed by atoms with Gasteiger partial charge in [0.05, 0.1) is 22.2 Å². The van der Waals surface area contributed by atoms with E-state index >= 15 is 0 Å². The normalized spacial score (nSPS) is 10.6. The minimum atomic E-state index is -0.972. The van der Waals surface area contributed by atoms with Crippen LogP contribution in [0, 0.1) is 6.92 Å². The van der Waals surface area contributed by atoms with Gasteiger partial charge in [-0.3, -0.25) is 4.98 Å². The van der Waals surface area contributed by atoms with Crippen LogP contribution in [0.15, 0.2) is 22.7 Å². The van der Waals surface area contributed by atoms with Gasteiger partial charge in [0.25, 0.3) is 0 Å². The zero-order chi connectivity index (χ0) is 13.3. The van der Waals surface area contributed by atoms with E-state index in [-0.39, 0.29) is 5.56 Å². The minimum absolute atomic E-state index is 0.228. The molecule has 1 N–H and O–H groups in total. The Morgan fingerprint density at radius 3 is 2.83 bits per heavy atom. The number of hydrogen-bond acceptors (Lipinski definition) is 3.